The number of hydrogen-bond acceptors (Lipinski definition) is 4. The van der Waals surface area contributed by atoms with E-state index >= 15 is 0 Å². The van der Waals surface area contributed by atoms with Gasteiger partial charge in [-0.15, -0.1) is 0 Å². The molecule has 0 amide bonds. The van der Waals surface area contributed by atoms with Gasteiger partial charge in [0, 0.05) is 22.4 Å². The monoisotopic (exact) mass is 353 g/mol. The third kappa shape index (κ3) is 3.33. The summed E-state index contributed by atoms with van der Waals surface area (Å²) in [6, 6.07) is 7.81. The van der Waals surface area contributed by atoms with Crippen molar-refractivity contribution in [1.82, 2.24) is 14.8 Å². The number of nitrogens with zero attached hydrogens (tertiary/aromatic N) is 3. The Hall–Kier alpha value is -1.24. The lowest BCUT2D eigenvalue weighted by atomic mass is 9.78. The van der Waals surface area contributed by atoms with E-state index in [2.05, 4.69) is 26.0 Å². The first-order chi connectivity index (χ1) is 10.0. The maximum absolute atomic E-state index is 9.90. The Bertz CT molecular complexity index is 577. The summed E-state index contributed by atoms with van der Waals surface area (Å²) in [5.41, 5.74) is 0.120. The van der Waals surface area contributed by atoms with Crippen LogP contribution < -0.4 is 0 Å². The van der Waals surface area contributed by atoms with Crippen LogP contribution >= 0.6 is 15.9 Å². The van der Waals surface area contributed by atoms with Crippen LogP contribution in [0.2, 0.25) is 0 Å². The van der Waals surface area contributed by atoms with Crippen LogP contribution in [0.5, 0.6) is 0 Å². The molecule has 21 heavy (non-hydrogen) atoms. The summed E-state index contributed by atoms with van der Waals surface area (Å²) in [6.45, 7) is 3.74. The second-order valence-corrected chi connectivity index (χ2v) is 6.41. The van der Waals surface area contributed by atoms with Crippen molar-refractivity contribution in [3.05, 3.63) is 46.5 Å². The molecule has 5 nitrogen and oxygen atoms in total. The van der Waals surface area contributed by atoms with E-state index in [4.69, 9.17) is 0 Å². The molecule has 0 aliphatic carbocycles. The van der Waals surface area contributed by atoms with Crippen LogP contribution in [0.1, 0.15) is 31.3 Å². The van der Waals surface area contributed by atoms with Gasteiger partial charge in [-0.05, 0) is 31.5 Å². The predicted octanol–water partition coefficient (Wildman–Crippen LogP) is 2.09. The quantitative estimate of drug-likeness (QED) is 0.833. The fourth-order valence-corrected chi connectivity index (χ4v) is 2.65. The smallest absolute Gasteiger partial charge is 0.138 e. The number of halogens is 1. The maximum atomic E-state index is 9.90. The zero-order valence-electron chi connectivity index (χ0n) is 12.2. The lowest BCUT2D eigenvalue weighted by Crippen LogP contribution is -2.38. The Labute approximate surface area is 132 Å². The molecule has 1 aromatic carbocycles. The van der Waals surface area contributed by atoms with E-state index in [0.717, 1.165) is 15.9 Å². The third-order valence-electron chi connectivity index (χ3n) is 3.69. The van der Waals surface area contributed by atoms with Gasteiger partial charge < -0.3 is 10.2 Å². The normalized spacial score (nSPS) is 12.1. The highest BCUT2D eigenvalue weighted by Gasteiger charge is 2.33. The van der Waals surface area contributed by atoms with Crippen LogP contribution in [0.25, 0.3) is 0 Å². The average molecular weight is 354 g/mol. The minimum Gasteiger partial charge on any atom is -0.395 e. The molecule has 0 aliphatic rings. The van der Waals surface area contributed by atoms with Crippen molar-refractivity contribution in [1.29, 1.82) is 0 Å². The van der Waals surface area contributed by atoms with Gasteiger partial charge in [-0.1, -0.05) is 28.1 Å². The van der Waals surface area contributed by atoms with Gasteiger partial charge in [-0.2, -0.15) is 5.10 Å². The van der Waals surface area contributed by atoms with Crippen LogP contribution in [0.4, 0.5) is 0 Å². The molecule has 0 radical (unpaired) electrons. The SMILES string of the molecule is CC(C)n1ncnc1CC(CO)(CO)c1ccc(Br)cc1. The number of aromatic nitrogens is 3. The summed E-state index contributed by atoms with van der Waals surface area (Å²) in [4.78, 5) is 4.28. The van der Waals surface area contributed by atoms with E-state index in [1.807, 2.05) is 42.8 Å². The van der Waals surface area contributed by atoms with Crippen LogP contribution in [-0.2, 0) is 11.8 Å². The summed E-state index contributed by atoms with van der Waals surface area (Å²) in [5, 5.41) is 24.0. The molecule has 0 saturated carbocycles. The molecule has 6 heteroatoms. The van der Waals surface area contributed by atoms with Crippen molar-refractivity contribution in [2.24, 2.45) is 0 Å². The molecule has 2 rings (SSSR count). The lowest BCUT2D eigenvalue weighted by molar-refractivity contribution is 0.113. The molecule has 1 aromatic heterocycles. The largest absolute Gasteiger partial charge is 0.395 e. The Balaban J connectivity index is 2.38. The molecule has 0 saturated heterocycles. The summed E-state index contributed by atoms with van der Waals surface area (Å²) in [5.74, 6) is 0.760. The first kappa shape index (κ1) is 16.1. The van der Waals surface area contributed by atoms with E-state index in [1.54, 1.807) is 0 Å². The molecular formula is C15H20BrN3O2. The Kier molecular flexibility index (Phi) is 5.13. The summed E-state index contributed by atoms with van der Waals surface area (Å²) in [7, 11) is 0. The van der Waals surface area contributed by atoms with Crippen molar-refractivity contribution in [3.63, 3.8) is 0 Å². The minimum absolute atomic E-state index is 0.157. The van der Waals surface area contributed by atoms with Crippen molar-refractivity contribution in [3.8, 4) is 0 Å². The first-order valence-electron chi connectivity index (χ1n) is 6.88. The van der Waals surface area contributed by atoms with Crippen molar-refractivity contribution >= 4 is 15.9 Å². The average Bonchev–Trinajstić information content (AvgIpc) is 2.94. The highest BCUT2D eigenvalue weighted by molar-refractivity contribution is 9.10. The van der Waals surface area contributed by atoms with Gasteiger partial charge in [0.15, 0.2) is 0 Å². The van der Waals surface area contributed by atoms with E-state index in [1.165, 1.54) is 6.33 Å². The molecule has 0 fully saturated rings. The summed E-state index contributed by atoms with van der Waals surface area (Å²) in [6.07, 6.45) is 1.94. The zero-order chi connectivity index (χ0) is 15.5. The molecule has 0 bridgehead atoms. The predicted molar refractivity (Wildman–Crippen MR) is 84.1 cm³/mol. The number of aliphatic hydroxyl groups is 2. The molecule has 0 atom stereocenters. The van der Waals surface area contributed by atoms with Crippen molar-refractivity contribution in [2.75, 3.05) is 13.2 Å². The van der Waals surface area contributed by atoms with Gasteiger partial charge in [0.2, 0.25) is 0 Å². The molecule has 2 aromatic rings. The van der Waals surface area contributed by atoms with Gasteiger partial charge in [0.25, 0.3) is 0 Å². The van der Waals surface area contributed by atoms with Crippen LogP contribution in [0.3, 0.4) is 0 Å². The second-order valence-electron chi connectivity index (χ2n) is 5.49. The molecule has 0 aliphatic heterocycles. The Morgan fingerprint density at radius 2 is 1.81 bits per heavy atom. The van der Waals surface area contributed by atoms with E-state index in [0.29, 0.717) is 6.42 Å². The number of rotatable bonds is 6. The fraction of sp³-hybridized carbons (Fsp3) is 0.467. The van der Waals surface area contributed by atoms with Gasteiger partial charge in [0.1, 0.15) is 12.2 Å². The lowest BCUT2D eigenvalue weighted by Gasteiger charge is -2.30. The molecule has 1 heterocycles. The number of hydrogen-bond donors (Lipinski definition) is 2. The van der Waals surface area contributed by atoms with Crippen LogP contribution in [-0.4, -0.2) is 38.2 Å². The van der Waals surface area contributed by atoms with Crippen LogP contribution in [0, 0.1) is 0 Å². The molecule has 114 valence electrons. The Morgan fingerprint density at radius 3 is 2.33 bits per heavy atom. The highest BCUT2D eigenvalue weighted by Crippen LogP contribution is 2.29. The molecule has 0 unspecified atom stereocenters. The van der Waals surface area contributed by atoms with Crippen molar-refractivity contribution in [2.45, 2.75) is 31.7 Å². The van der Waals surface area contributed by atoms with Crippen molar-refractivity contribution < 1.29 is 10.2 Å². The van der Waals surface area contributed by atoms with Gasteiger partial charge in [-0.3, -0.25) is 0 Å². The van der Waals surface area contributed by atoms with Gasteiger partial charge >= 0.3 is 0 Å². The second kappa shape index (κ2) is 6.68. The van der Waals surface area contributed by atoms with Gasteiger partial charge in [-0.25, -0.2) is 9.67 Å². The standard InChI is InChI=1S/C15H20BrN3O2/c1-11(2)19-14(17-10-18-19)7-15(8-20,9-21)12-3-5-13(16)6-4-12/h3-6,10-11,20-21H,7-9H2,1-2H3. The van der Waals surface area contributed by atoms with E-state index in [-0.39, 0.29) is 19.3 Å². The Morgan fingerprint density at radius 1 is 1.19 bits per heavy atom. The summed E-state index contributed by atoms with van der Waals surface area (Å²) >= 11 is 3.40. The molecular weight excluding hydrogens is 334 g/mol. The minimum atomic E-state index is -0.764. The van der Waals surface area contributed by atoms with Gasteiger partial charge in [0.05, 0.1) is 13.2 Å². The zero-order valence-corrected chi connectivity index (χ0v) is 13.8. The molecule has 2 N–H and O–H groups in total. The fourth-order valence-electron chi connectivity index (χ4n) is 2.38. The topological polar surface area (TPSA) is 71.2 Å². The number of benzene rings is 1. The number of aliphatic hydroxyl groups excluding tert-OH is 2. The maximum Gasteiger partial charge on any atom is 0.138 e. The van der Waals surface area contributed by atoms with Crippen LogP contribution in [0.15, 0.2) is 35.1 Å². The molecule has 0 spiro atoms. The highest BCUT2D eigenvalue weighted by atomic mass is 79.9. The first-order valence-corrected chi connectivity index (χ1v) is 7.68. The third-order valence-corrected chi connectivity index (χ3v) is 4.22. The van der Waals surface area contributed by atoms with E-state index in [9.17, 15) is 10.2 Å². The van der Waals surface area contributed by atoms with E-state index < -0.39 is 5.41 Å². The summed E-state index contributed by atoms with van der Waals surface area (Å²) < 4.78 is 2.78.